The predicted molar refractivity (Wildman–Crippen MR) is 59.2 cm³/mol. The monoisotopic (exact) mass is 272 g/mol. The van der Waals surface area contributed by atoms with Gasteiger partial charge in [0.05, 0.1) is 11.3 Å². The highest BCUT2D eigenvalue weighted by molar-refractivity contribution is 9.10. The summed E-state index contributed by atoms with van der Waals surface area (Å²) in [6.07, 6.45) is 0. The predicted octanol–water partition coefficient (Wildman–Crippen LogP) is 1.90. The zero-order valence-electron chi connectivity index (χ0n) is 7.87. The third kappa shape index (κ3) is 2.69. The van der Waals surface area contributed by atoms with Crippen LogP contribution >= 0.6 is 15.9 Å². The number of hydrogen-bond acceptors (Lipinski definition) is 2. The average molecular weight is 273 g/mol. The van der Waals surface area contributed by atoms with Crippen molar-refractivity contribution in [3.05, 3.63) is 28.2 Å². The second-order valence-corrected chi connectivity index (χ2v) is 3.53. The number of rotatable bonds is 2. The van der Waals surface area contributed by atoms with E-state index in [0.717, 1.165) is 0 Å². The molecule has 0 fully saturated rings. The average Bonchev–Trinajstić information content (AvgIpc) is 2.20. The molecule has 6 heteroatoms. The maximum atomic E-state index is 11.1. The molecule has 0 unspecified atom stereocenters. The van der Waals surface area contributed by atoms with Gasteiger partial charge in [0.15, 0.2) is 0 Å². The van der Waals surface area contributed by atoms with Crippen molar-refractivity contribution in [3.8, 4) is 0 Å². The molecule has 3 N–H and O–H groups in total. The van der Waals surface area contributed by atoms with Crippen molar-refractivity contribution in [2.75, 3.05) is 12.4 Å². The van der Waals surface area contributed by atoms with Crippen molar-refractivity contribution < 1.29 is 14.7 Å². The Balaban J connectivity index is 3.13. The lowest BCUT2D eigenvalue weighted by Gasteiger charge is -2.09. The largest absolute Gasteiger partial charge is 0.478 e. The minimum absolute atomic E-state index is 0.0352. The van der Waals surface area contributed by atoms with Crippen LogP contribution in [0.25, 0.3) is 0 Å². The first kappa shape index (κ1) is 11.5. The van der Waals surface area contributed by atoms with E-state index in [-0.39, 0.29) is 11.3 Å². The molecule has 0 bridgehead atoms. The molecule has 0 spiro atoms. The number of carboxylic acid groups (broad SMARTS) is 1. The highest BCUT2D eigenvalue weighted by atomic mass is 79.9. The minimum atomic E-state index is -1.09. The fourth-order valence-electron chi connectivity index (χ4n) is 1.01. The Morgan fingerprint density at radius 2 is 2.07 bits per heavy atom. The van der Waals surface area contributed by atoms with Gasteiger partial charge in [-0.1, -0.05) is 6.07 Å². The second kappa shape index (κ2) is 4.79. The lowest BCUT2D eigenvalue weighted by molar-refractivity contribution is 0.0698. The molecule has 0 heterocycles. The molecule has 0 radical (unpaired) electrons. The lowest BCUT2D eigenvalue weighted by Crippen LogP contribution is -2.25. The standard InChI is InChI=1S/C9H9BrN2O3/c1-11-9(15)12-7-5(8(13)14)3-2-4-6(7)10/h2-4H,1H3,(H,13,14)(H2,11,12,15). The van der Waals surface area contributed by atoms with Crippen molar-refractivity contribution in [1.29, 1.82) is 0 Å². The van der Waals surface area contributed by atoms with Crippen LogP contribution in [-0.2, 0) is 0 Å². The van der Waals surface area contributed by atoms with Gasteiger partial charge in [-0.15, -0.1) is 0 Å². The Bertz CT molecular complexity index is 406. The molecule has 1 aromatic rings. The minimum Gasteiger partial charge on any atom is -0.478 e. The van der Waals surface area contributed by atoms with E-state index in [1.165, 1.54) is 13.1 Å². The summed E-state index contributed by atoms with van der Waals surface area (Å²) in [4.78, 5) is 21.9. The molecule has 0 saturated carbocycles. The number of carbonyl (C=O) groups excluding carboxylic acids is 1. The van der Waals surface area contributed by atoms with E-state index in [1.54, 1.807) is 12.1 Å². The molecule has 0 atom stereocenters. The number of carboxylic acids is 1. The van der Waals surface area contributed by atoms with Crippen molar-refractivity contribution >= 4 is 33.6 Å². The summed E-state index contributed by atoms with van der Waals surface area (Å²) in [6.45, 7) is 0. The Labute approximate surface area is 94.6 Å². The van der Waals surface area contributed by atoms with Gasteiger partial charge in [0.2, 0.25) is 0 Å². The Morgan fingerprint density at radius 3 is 2.60 bits per heavy atom. The highest BCUT2D eigenvalue weighted by Gasteiger charge is 2.14. The van der Waals surface area contributed by atoms with Crippen LogP contribution in [0.4, 0.5) is 10.5 Å². The van der Waals surface area contributed by atoms with Gasteiger partial charge in [-0.05, 0) is 28.1 Å². The van der Waals surface area contributed by atoms with Crippen LogP contribution < -0.4 is 10.6 Å². The van der Waals surface area contributed by atoms with Crippen LogP contribution in [0.5, 0.6) is 0 Å². The van der Waals surface area contributed by atoms with E-state index >= 15 is 0 Å². The van der Waals surface area contributed by atoms with E-state index in [4.69, 9.17) is 5.11 Å². The highest BCUT2D eigenvalue weighted by Crippen LogP contribution is 2.26. The fraction of sp³-hybridized carbons (Fsp3) is 0.111. The van der Waals surface area contributed by atoms with Gasteiger partial charge in [0.25, 0.3) is 0 Å². The van der Waals surface area contributed by atoms with Crippen LogP contribution in [0, 0.1) is 0 Å². The molecule has 0 aliphatic carbocycles. The number of carbonyl (C=O) groups is 2. The second-order valence-electron chi connectivity index (χ2n) is 2.67. The molecule has 0 aliphatic heterocycles. The van der Waals surface area contributed by atoms with E-state index in [1.807, 2.05) is 0 Å². The molecule has 0 aliphatic rings. The Kier molecular flexibility index (Phi) is 3.68. The first-order valence-corrected chi connectivity index (χ1v) is 4.86. The van der Waals surface area contributed by atoms with Gasteiger partial charge in [-0.3, -0.25) is 0 Å². The molecule has 1 rings (SSSR count). The van der Waals surface area contributed by atoms with Gasteiger partial charge < -0.3 is 15.7 Å². The number of aromatic carboxylic acids is 1. The molecule has 5 nitrogen and oxygen atoms in total. The van der Waals surface area contributed by atoms with Gasteiger partial charge in [0.1, 0.15) is 0 Å². The molecule has 0 aromatic heterocycles. The maximum Gasteiger partial charge on any atom is 0.337 e. The summed E-state index contributed by atoms with van der Waals surface area (Å²) in [5, 5.41) is 13.7. The Hall–Kier alpha value is -1.56. The van der Waals surface area contributed by atoms with Gasteiger partial charge in [-0.2, -0.15) is 0 Å². The SMILES string of the molecule is CNC(=O)Nc1c(Br)cccc1C(=O)O. The van der Waals surface area contributed by atoms with Crippen molar-refractivity contribution in [1.82, 2.24) is 5.32 Å². The molecule has 1 aromatic carbocycles. The molecule has 0 saturated heterocycles. The number of hydrogen-bond donors (Lipinski definition) is 3. The lowest BCUT2D eigenvalue weighted by atomic mass is 10.2. The van der Waals surface area contributed by atoms with E-state index in [2.05, 4.69) is 26.6 Å². The molecular formula is C9H9BrN2O3. The van der Waals surface area contributed by atoms with Crippen LogP contribution in [-0.4, -0.2) is 24.2 Å². The van der Waals surface area contributed by atoms with Crippen LogP contribution in [0.15, 0.2) is 22.7 Å². The molecule has 15 heavy (non-hydrogen) atoms. The number of amides is 2. The van der Waals surface area contributed by atoms with Crippen LogP contribution in [0.1, 0.15) is 10.4 Å². The van der Waals surface area contributed by atoms with Crippen molar-refractivity contribution in [2.45, 2.75) is 0 Å². The summed E-state index contributed by atoms with van der Waals surface area (Å²) >= 11 is 3.17. The summed E-state index contributed by atoms with van der Waals surface area (Å²) in [5.74, 6) is -1.09. The molecule has 2 amide bonds. The summed E-state index contributed by atoms with van der Waals surface area (Å²) in [5.41, 5.74) is 0.275. The number of benzene rings is 1. The third-order valence-electron chi connectivity index (χ3n) is 1.71. The van der Waals surface area contributed by atoms with Crippen molar-refractivity contribution in [3.63, 3.8) is 0 Å². The molecular weight excluding hydrogens is 264 g/mol. The summed E-state index contributed by atoms with van der Waals surface area (Å²) in [7, 11) is 1.45. The van der Waals surface area contributed by atoms with Gasteiger partial charge >= 0.3 is 12.0 Å². The quantitative estimate of drug-likeness (QED) is 0.770. The number of halogens is 1. The fourth-order valence-corrected chi connectivity index (χ4v) is 1.47. The summed E-state index contributed by atoms with van der Waals surface area (Å²) < 4.78 is 0.519. The number of nitrogens with one attached hydrogen (secondary N) is 2. The first-order chi connectivity index (χ1) is 7.06. The van der Waals surface area contributed by atoms with E-state index < -0.39 is 12.0 Å². The smallest absolute Gasteiger partial charge is 0.337 e. The van der Waals surface area contributed by atoms with Crippen molar-refractivity contribution in [2.24, 2.45) is 0 Å². The maximum absolute atomic E-state index is 11.1. The first-order valence-electron chi connectivity index (χ1n) is 4.06. The van der Waals surface area contributed by atoms with Gasteiger partial charge in [-0.25, -0.2) is 9.59 Å². The normalized spacial score (nSPS) is 9.47. The topological polar surface area (TPSA) is 78.4 Å². The third-order valence-corrected chi connectivity index (χ3v) is 2.37. The number of para-hydroxylation sites is 1. The Morgan fingerprint density at radius 1 is 1.40 bits per heavy atom. The van der Waals surface area contributed by atoms with Gasteiger partial charge in [0, 0.05) is 11.5 Å². The zero-order chi connectivity index (χ0) is 11.4. The number of urea groups is 1. The van der Waals surface area contributed by atoms with E-state index in [9.17, 15) is 9.59 Å². The zero-order valence-corrected chi connectivity index (χ0v) is 9.46. The summed E-state index contributed by atoms with van der Waals surface area (Å²) in [6, 6.07) is 4.18. The van der Waals surface area contributed by atoms with Crippen LogP contribution in [0.3, 0.4) is 0 Å². The van der Waals surface area contributed by atoms with E-state index in [0.29, 0.717) is 4.47 Å². The number of anilines is 1. The van der Waals surface area contributed by atoms with Crippen LogP contribution in [0.2, 0.25) is 0 Å². The molecule has 80 valence electrons.